The first kappa shape index (κ1) is 15.3. The summed E-state index contributed by atoms with van der Waals surface area (Å²) in [5.41, 5.74) is 1.15. The smallest absolute Gasteiger partial charge is 0.165 e. The summed E-state index contributed by atoms with van der Waals surface area (Å²) >= 11 is 0. The maximum atomic E-state index is 14.0. The predicted molar refractivity (Wildman–Crippen MR) is 81.8 cm³/mol. The maximum absolute atomic E-state index is 14.0. The summed E-state index contributed by atoms with van der Waals surface area (Å²) in [7, 11) is 0. The van der Waals surface area contributed by atoms with E-state index in [1.807, 2.05) is 6.92 Å². The number of ether oxygens (including phenoxy) is 1. The zero-order chi connectivity index (χ0) is 14.4. The van der Waals surface area contributed by atoms with Crippen molar-refractivity contribution in [3.05, 3.63) is 29.6 Å². The number of hydrogen-bond acceptors (Lipinski definition) is 1. The third-order valence-corrected chi connectivity index (χ3v) is 4.43. The van der Waals surface area contributed by atoms with Crippen LogP contribution in [0, 0.1) is 11.7 Å². The molecule has 0 amide bonds. The van der Waals surface area contributed by atoms with E-state index in [2.05, 4.69) is 13.0 Å². The Morgan fingerprint density at radius 2 is 1.85 bits per heavy atom. The highest BCUT2D eigenvalue weighted by molar-refractivity contribution is 5.31. The van der Waals surface area contributed by atoms with Crippen LogP contribution in [0.25, 0.3) is 0 Å². The molecule has 112 valence electrons. The van der Waals surface area contributed by atoms with Crippen LogP contribution >= 0.6 is 0 Å². The average molecular weight is 278 g/mol. The third-order valence-electron chi connectivity index (χ3n) is 4.43. The monoisotopic (exact) mass is 278 g/mol. The van der Waals surface area contributed by atoms with Gasteiger partial charge in [0.05, 0.1) is 6.61 Å². The molecule has 2 rings (SSSR count). The van der Waals surface area contributed by atoms with Crippen molar-refractivity contribution >= 4 is 0 Å². The lowest BCUT2D eigenvalue weighted by Gasteiger charge is -2.28. The highest BCUT2D eigenvalue weighted by atomic mass is 19.1. The Kier molecular flexibility index (Phi) is 5.87. The third kappa shape index (κ3) is 3.97. The van der Waals surface area contributed by atoms with Crippen molar-refractivity contribution in [3.63, 3.8) is 0 Å². The molecule has 0 unspecified atom stereocenters. The fourth-order valence-corrected chi connectivity index (χ4v) is 3.29. The average Bonchev–Trinajstić information content (AvgIpc) is 2.47. The van der Waals surface area contributed by atoms with Crippen LogP contribution in [0.1, 0.15) is 70.3 Å². The molecule has 1 fully saturated rings. The van der Waals surface area contributed by atoms with Gasteiger partial charge < -0.3 is 4.74 Å². The van der Waals surface area contributed by atoms with Crippen molar-refractivity contribution in [2.45, 2.75) is 64.7 Å². The summed E-state index contributed by atoms with van der Waals surface area (Å²) in [6.45, 7) is 4.87. The zero-order valence-electron chi connectivity index (χ0n) is 12.8. The van der Waals surface area contributed by atoms with E-state index in [1.54, 1.807) is 12.1 Å². The van der Waals surface area contributed by atoms with Gasteiger partial charge >= 0.3 is 0 Å². The lowest BCUT2D eigenvalue weighted by molar-refractivity contribution is 0.297. The highest BCUT2D eigenvalue weighted by Crippen LogP contribution is 2.38. The Morgan fingerprint density at radius 1 is 1.10 bits per heavy atom. The van der Waals surface area contributed by atoms with E-state index in [0.29, 0.717) is 18.3 Å². The Bertz CT molecular complexity index is 408. The molecule has 20 heavy (non-hydrogen) atoms. The van der Waals surface area contributed by atoms with Gasteiger partial charge in [0.15, 0.2) is 11.6 Å². The fraction of sp³-hybridized carbons (Fsp3) is 0.667. The molecule has 0 saturated heterocycles. The van der Waals surface area contributed by atoms with E-state index in [9.17, 15) is 4.39 Å². The normalized spacial score (nSPS) is 22.8. The molecule has 0 N–H and O–H groups in total. The lowest BCUT2D eigenvalue weighted by atomic mass is 9.77. The Hall–Kier alpha value is -1.05. The van der Waals surface area contributed by atoms with Gasteiger partial charge in [0, 0.05) is 0 Å². The van der Waals surface area contributed by atoms with Crippen LogP contribution in [0.3, 0.4) is 0 Å². The summed E-state index contributed by atoms with van der Waals surface area (Å²) in [5, 5.41) is 0. The highest BCUT2D eigenvalue weighted by Gasteiger charge is 2.22. The molecule has 0 radical (unpaired) electrons. The molecule has 1 aliphatic rings. The van der Waals surface area contributed by atoms with Crippen molar-refractivity contribution in [2.75, 3.05) is 6.61 Å². The topological polar surface area (TPSA) is 9.23 Å². The molecule has 0 atom stereocenters. The van der Waals surface area contributed by atoms with Crippen molar-refractivity contribution in [1.29, 1.82) is 0 Å². The van der Waals surface area contributed by atoms with Gasteiger partial charge in [0.25, 0.3) is 0 Å². The van der Waals surface area contributed by atoms with E-state index >= 15 is 0 Å². The van der Waals surface area contributed by atoms with E-state index in [-0.39, 0.29) is 5.82 Å². The Labute approximate surface area is 122 Å². The predicted octanol–water partition coefficient (Wildman–Crippen LogP) is 5.69. The molecule has 1 aromatic carbocycles. The molecule has 2 heteroatoms. The second-order valence-electron chi connectivity index (χ2n) is 6.04. The molecule has 0 bridgehead atoms. The summed E-state index contributed by atoms with van der Waals surface area (Å²) in [6, 6.07) is 5.55. The molecule has 0 spiro atoms. The SMILES string of the molecule is CCCOc1ccc(C2CCC(CCC)CC2)cc1F. The van der Waals surface area contributed by atoms with Crippen LogP contribution in [0.2, 0.25) is 0 Å². The number of rotatable bonds is 6. The van der Waals surface area contributed by atoms with Gasteiger partial charge in [-0.15, -0.1) is 0 Å². The summed E-state index contributed by atoms with van der Waals surface area (Å²) in [5.74, 6) is 1.63. The molecular weight excluding hydrogens is 251 g/mol. The molecule has 1 aromatic rings. The second kappa shape index (κ2) is 7.66. The fourth-order valence-electron chi connectivity index (χ4n) is 3.29. The molecular formula is C18H27FO. The van der Waals surface area contributed by atoms with E-state index in [4.69, 9.17) is 4.74 Å². The second-order valence-corrected chi connectivity index (χ2v) is 6.04. The molecule has 1 nitrogen and oxygen atoms in total. The number of halogens is 1. The summed E-state index contributed by atoms with van der Waals surface area (Å²) < 4.78 is 19.4. The first-order chi connectivity index (χ1) is 9.74. The first-order valence-electron chi connectivity index (χ1n) is 8.16. The molecule has 1 saturated carbocycles. The minimum Gasteiger partial charge on any atom is -0.491 e. The summed E-state index contributed by atoms with van der Waals surface area (Å²) in [4.78, 5) is 0. The van der Waals surface area contributed by atoms with Crippen LogP contribution in [-0.4, -0.2) is 6.61 Å². The quantitative estimate of drug-likeness (QED) is 0.649. The van der Waals surface area contributed by atoms with Gasteiger partial charge in [0.1, 0.15) is 0 Å². The molecule has 0 heterocycles. The minimum absolute atomic E-state index is 0.202. The van der Waals surface area contributed by atoms with Crippen molar-refractivity contribution in [2.24, 2.45) is 5.92 Å². The van der Waals surface area contributed by atoms with Gasteiger partial charge in [-0.25, -0.2) is 4.39 Å². The van der Waals surface area contributed by atoms with Crippen molar-refractivity contribution < 1.29 is 9.13 Å². The van der Waals surface area contributed by atoms with Crippen LogP contribution < -0.4 is 4.74 Å². The van der Waals surface area contributed by atoms with E-state index in [1.165, 1.54) is 38.5 Å². The van der Waals surface area contributed by atoms with E-state index < -0.39 is 0 Å². The molecule has 0 aromatic heterocycles. The maximum Gasteiger partial charge on any atom is 0.165 e. The first-order valence-corrected chi connectivity index (χ1v) is 8.16. The minimum atomic E-state index is -0.202. The zero-order valence-corrected chi connectivity index (χ0v) is 12.8. The van der Waals surface area contributed by atoms with Crippen LogP contribution in [0.5, 0.6) is 5.75 Å². The number of benzene rings is 1. The van der Waals surface area contributed by atoms with Gasteiger partial charge in [0.2, 0.25) is 0 Å². The van der Waals surface area contributed by atoms with E-state index in [0.717, 1.165) is 17.9 Å². The molecule has 0 aliphatic heterocycles. The van der Waals surface area contributed by atoms with Crippen LogP contribution in [0.4, 0.5) is 4.39 Å². The molecule has 1 aliphatic carbocycles. The summed E-state index contributed by atoms with van der Waals surface area (Å²) in [6.07, 6.45) is 8.56. The van der Waals surface area contributed by atoms with Crippen LogP contribution in [0.15, 0.2) is 18.2 Å². The Balaban J connectivity index is 1.95. The standard InChI is InChI=1S/C18H27FO/c1-3-5-14-6-8-15(9-7-14)16-10-11-18(17(19)13-16)20-12-4-2/h10-11,13-15H,3-9,12H2,1-2H3. The Morgan fingerprint density at radius 3 is 2.45 bits per heavy atom. The van der Waals surface area contributed by atoms with Gasteiger partial charge in [-0.3, -0.25) is 0 Å². The van der Waals surface area contributed by atoms with Gasteiger partial charge in [-0.1, -0.05) is 32.8 Å². The largest absolute Gasteiger partial charge is 0.491 e. The van der Waals surface area contributed by atoms with Gasteiger partial charge in [-0.2, -0.15) is 0 Å². The van der Waals surface area contributed by atoms with Gasteiger partial charge in [-0.05, 0) is 61.6 Å². The lowest BCUT2D eigenvalue weighted by Crippen LogP contribution is -2.13. The van der Waals surface area contributed by atoms with Crippen molar-refractivity contribution in [1.82, 2.24) is 0 Å². The number of hydrogen-bond donors (Lipinski definition) is 0. The van der Waals surface area contributed by atoms with Crippen LogP contribution in [-0.2, 0) is 0 Å². The van der Waals surface area contributed by atoms with Crippen molar-refractivity contribution in [3.8, 4) is 5.75 Å².